The molecule has 0 bridgehead atoms. The van der Waals surface area contributed by atoms with Crippen LogP contribution in [0, 0.1) is 19.8 Å². The van der Waals surface area contributed by atoms with Gasteiger partial charge < -0.3 is 10.0 Å². The summed E-state index contributed by atoms with van der Waals surface area (Å²) in [5.74, 6) is 1.41. The van der Waals surface area contributed by atoms with Crippen molar-refractivity contribution >= 4 is 5.91 Å². The van der Waals surface area contributed by atoms with E-state index in [9.17, 15) is 9.90 Å². The Morgan fingerprint density at radius 3 is 2.70 bits per heavy atom. The molecule has 0 radical (unpaired) electrons. The molecule has 1 aliphatic rings. The van der Waals surface area contributed by atoms with Crippen molar-refractivity contribution < 1.29 is 9.90 Å². The minimum absolute atomic E-state index is 0.0331. The molecule has 1 amide bonds. The van der Waals surface area contributed by atoms with Crippen molar-refractivity contribution in [3.05, 3.63) is 41.7 Å². The van der Waals surface area contributed by atoms with Crippen LogP contribution in [0.15, 0.2) is 24.5 Å². The average Bonchev–Trinajstić information content (AvgIpc) is 3.03. The third-order valence-electron chi connectivity index (χ3n) is 4.25. The van der Waals surface area contributed by atoms with Gasteiger partial charge in [0.15, 0.2) is 0 Å². The number of aliphatic hydroxyl groups excluding tert-OH is 1. The van der Waals surface area contributed by atoms with E-state index in [0.29, 0.717) is 18.9 Å². The highest BCUT2D eigenvalue weighted by Crippen LogP contribution is 2.21. The van der Waals surface area contributed by atoms with Gasteiger partial charge in [-0.2, -0.15) is 5.10 Å². The summed E-state index contributed by atoms with van der Waals surface area (Å²) in [7, 11) is 0. The maximum Gasteiger partial charge on any atom is 0.244 e. The normalized spacial score (nSPS) is 20.9. The highest BCUT2D eigenvalue weighted by Gasteiger charge is 2.34. The third-order valence-corrected chi connectivity index (χ3v) is 4.25. The van der Waals surface area contributed by atoms with E-state index < -0.39 is 6.10 Å². The van der Waals surface area contributed by atoms with Gasteiger partial charge in [-0.05, 0) is 38.0 Å². The van der Waals surface area contributed by atoms with Gasteiger partial charge in [-0.25, -0.2) is 9.67 Å². The minimum atomic E-state index is -0.495. The van der Waals surface area contributed by atoms with Gasteiger partial charge in [0.2, 0.25) is 5.91 Å². The van der Waals surface area contributed by atoms with Crippen molar-refractivity contribution in [1.29, 1.82) is 0 Å². The number of carbonyl (C=O) groups is 1. The minimum Gasteiger partial charge on any atom is -0.391 e. The molecule has 2 aromatic heterocycles. The van der Waals surface area contributed by atoms with Crippen LogP contribution in [0.5, 0.6) is 0 Å². The maximum absolute atomic E-state index is 12.4. The van der Waals surface area contributed by atoms with Gasteiger partial charge in [-0.3, -0.25) is 9.78 Å². The van der Waals surface area contributed by atoms with Crippen LogP contribution in [0.25, 0.3) is 0 Å². The lowest BCUT2D eigenvalue weighted by Gasteiger charge is -2.16. The lowest BCUT2D eigenvalue weighted by molar-refractivity contribution is -0.131. The molecule has 0 spiro atoms. The van der Waals surface area contributed by atoms with Crippen LogP contribution in [-0.4, -0.2) is 54.9 Å². The number of aromatic nitrogens is 4. The van der Waals surface area contributed by atoms with E-state index >= 15 is 0 Å². The Kier molecular flexibility index (Phi) is 4.38. The fourth-order valence-corrected chi connectivity index (χ4v) is 3.02. The molecule has 1 aliphatic heterocycles. The van der Waals surface area contributed by atoms with Gasteiger partial charge in [0.05, 0.1) is 6.10 Å². The molecule has 7 heteroatoms. The summed E-state index contributed by atoms with van der Waals surface area (Å²) in [5.41, 5.74) is 1.13. The molecule has 1 fully saturated rings. The van der Waals surface area contributed by atoms with Crippen LogP contribution < -0.4 is 0 Å². The van der Waals surface area contributed by atoms with E-state index in [1.807, 2.05) is 19.1 Å². The quantitative estimate of drug-likeness (QED) is 0.880. The van der Waals surface area contributed by atoms with E-state index in [0.717, 1.165) is 17.8 Å². The second-order valence-corrected chi connectivity index (χ2v) is 6.05. The Morgan fingerprint density at radius 1 is 1.30 bits per heavy atom. The first-order valence-corrected chi connectivity index (χ1v) is 7.75. The number of hydrogen-bond donors (Lipinski definition) is 1. The first kappa shape index (κ1) is 15.6. The maximum atomic E-state index is 12.4. The van der Waals surface area contributed by atoms with Crippen molar-refractivity contribution in [1.82, 2.24) is 24.6 Å². The number of carbonyl (C=O) groups excluding carboxylic acids is 1. The molecule has 7 nitrogen and oxygen atoms in total. The number of aryl methyl sites for hydroxylation is 2. The lowest BCUT2D eigenvalue weighted by Crippen LogP contribution is -2.33. The van der Waals surface area contributed by atoms with E-state index in [2.05, 4.69) is 15.1 Å². The Hall–Kier alpha value is -2.28. The number of pyridine rings is 1. The zero-order valence-corrected chi connectivity index (χ0v) is 13.4. The molecule has 23 heavy (non-hydrogen) atoms. The van der Waals surface area contributed by atoms with Crippen molar-refractivity contribution in [2.45, 2.75) is 32.9 Å². The number of amides is 1. The number of rotatable bonds is 4. The number of β-amino-alcohol motifs (C(OH)–C–C–N with tert-alkyl or cyclic N) is 1. The first-order valence-electron chi connectivity index (χ1n) is 7.75. The second-order valence-electron chi connectivity index (χ2n) is 6.05. The summed E-state index contributed by atoms with van der Waals surface area (Å²) in [6.07, 6.45) is 3.74. The van der Waals surface area contributed by atoms with Crippen molar-refractivity contribution in [3.63, 3.8) is 0 Å². The first-order chi connectivity index (χ1) is 11.0. The molecular formula is C16H21N5O2. The average molecular weight is 315 g/mol. The second kappa shape index (κ2) is 6.45. The summed E-state index contributed by atoms with van der Waals surface area (Å²) in [4.78, 5) is 22.4. The molecule has 0 aliphatic carbocycles. The summed E-state index contributed by atoms with van der Waals surface area (Å²) in [6, 6.07) is 3.89. The molecule has 3 heterocycles. The van der Waals surface area contributed by atoms with Gasteiger partial charge >= 0.3 is 0 Å². The van der Waals surface area contributed by atoms with Crippen molar-refractivity contribution in [2.75, 3.05) is 13.1 Å². The Bertz CT molecular complexity index is 685. The number of aliphatic hydroxyl groups is 1. The van der Waals surface area contributed by atoms with Crippen LogP contribution in [0.2, 0.25) is 0 Å². The Labute approximate surface area is 135 Å². The molecule has 2 atom stereocenters. The number of nitrogens with zero attached hydrogens (tertiary/aromatic N) is 5. The van der Waals surface area contributed by atoms with Gasteiger partial charge in [0.1, 0.15) is 18.2 Å². The zero-order valence-electron chi connectivity index (χ0n) is 13.4. The monoisotopic (exact) mass is 315 g/mol. The highest BCUT2D eigenvalue weighted by molar-refractivity contribution is 5.76. The molecular weight excluding hydrogens is 294 g/mol. The molecule has 0 saturated carbocycles. The molecule has 0 aromatic carbocycles. The lowest BCUT2D eigenvalue weighted by atomic mass is 9.97. The summed E-state index contributed by atoms with van der Waals surface area (Å²) >= 11 is 0. The Morgan fingerprint density at radius 2 is 2.04 bits per heavy atom. The number of hydrogen-bond acceptors (Lipinski definition) is 5. The van der Waals surface area contributed by atoms with Crippen molar-refractivity contribution in [2.24, 2.45) is 5.92 Å². The fourth-order valence-electron chi connectivity index (χ4n) is 3.02. The molecule has 3 rings (SSSR count). The predicted molar refractivity (Wildman–Crippen MR) is 83.5 cm³/mol. The van der Waals surface area contributed by atoms with Gasteiger partial charge in [0, 0.05) is 31.4 Å². The largest absolute Gasteiger partial charge is 0.391 e. The van der Waals surface area contributed by atoms with Crippen LogP contribution >= 0.6 is 0 Å². The van der Waals surface area contributed by atoms with Crippen LogP contribution in [0.3, 0.4) is 0 Å². The van der Waals surface area contributed by atoms with E-state index in [1.165, 1.54) is 0 Å². The predicted octanol–water partition coefficient (Wildman–Crippen LogP) is 0.352. The third kappa shape index (κ3) is 3.56. The van der Waals surface area contributed by atoms with Crippen LogP contribution in [-0.2, 0) is 17.8 Å². The Balaban J connectivity index is 1.61. The van der Waals surface area contributed by atoms with Gasteiger partial charge in [-0.15, -0.1) is 0 Å². The standard InChI is InChI=1S/C16H21N5O2/c1-11-18-12(2)21(19-11)10-16(23)20-8-14(15(22)9-20)7-13-3-5-17-6-4-13/h3-6,14-15,22H,7-10H2,1-2H3/t14-,15+/m1/s1. The highest BCUT2D eigenvalue weighted by atomic mass is 16.3. The SMILES string of the molecule is Cc1nc(C)n(CC(=O)N2C[C@@H](Cc3ccncc3)[C@@H](O)C2)n1. The van der Waals surface area contributed by atoms with Crippen LogP contribution in [0.4, 0.5) is 0 Å². The van der Waals surface area contributed by atoms with E-state index in [4.69, 9.17) is 0 Å². The smallest absolute Gasteiger partial charge is 0.244 e. The number of likely N-dealkylation sites (tertiary alicyclic amines) is 1. The molecule has 2 aromatic rings. The summed E-state index contributed by atoms with van der Waals surface area (Å²) in [5, 5.41) is 14.5. The molecule has 1 N–H and O–H groups in total. The van der Waals surface area contributed by atoms with E-state index in [-0.39, 0.29) is 18.4 Å². The zero-order chi connectivity index (χ0) is 16.4. The molecule has 0 unspecified atom stereocenters. The summed E-state index contributed by atoms with van der Waals surface area (Å²) in [6.45, 7) is 4.74. The molecule has 122 valence electrons. The summed E-state index contributed by atoms with van der Waals surface area (Å²) < 4.78 is 1.61. The van der Waals surface area contributed by atoms with E-state index in [1.54, 1.807) is 28.9 Å². The van der Waals surface area contributed by atoms with Crippen molar-refractivity contribution in [3.8, 4) is 0 Å². The van der Waals surface area contributed by atoms with Crippen LogP contribution in [0.1, 0.15) is 17.2 Å². The topological polar surface area (TPSA) is 84.1 Å². The van der Waals surface area contributed by atoms with Gasteiger partial charge in [-0.1, -0.05) is 0 Å². The fraction of sp³-hybridized carbons (Fsp3) is 0.500. The van der Waals surface area contributed by atoms with Gasteiger partial charge in [0.25, 0.3) is 0 Å². The molecule has 1 saturated heterocycles.